The summed E-state index contributed by atoms with van der Waals surface area (Å²) < 4.78 is 0. The Labute approximate surface area is 165 Å². The molecule has 2 aliphatic rings. The van der Waals surface area contributed by atoms with Gasteiger partial charge in [-0.1, -0.05) is 6.92 Å². The number of hydrogen-bond acceptors (Lipinski definition) is 5. The third-order valence-electron chi connectivity index (χ3n) is 5.54. The summed E-state index contributed by atoms with van der Waals surface area (Å²) in [5, 5.41) is 18.4. The number of hydrogen-bond donors (Lipinski definition) is 2. The highest BCUT2D eigenvalue weighted by Crippen LogP contribution is 2.20. The summed E-state index contributed by atoms with van der Waals surface area (Å²) in [6, 6.07) is -1.45. The van der Waals surface area contributed by atoms with Crippen LogP contribution >= 0.6 is 0 Å². The van der Waals surface area contributed by atoms with E-state index < -0.39 is 24.0 Å². The molecule has 0 unspecified atom stereocenters. The second kappa shape index (κ2) is 10.4. The van der Waals surface area contributed by atoms with Gasteiger partial charge in [0.1, 0.15) is 12.1 Å². The largest absolute Gasteiger partial charge is 0.480 e. The molecule has 0 aromatic carbocycles. The predicted octanol–water partition coefficient (Wildman–Crippen LogP) is 0.630. The lowest BCUT2D eigenvalue weighted by molar-refractivity contribution is -0.148. The summed E-state index contributed by atoms with van der Waals surface area (Å²) in [7, 11) is 0. The van der Waals surface area contributed by atoms with Crippen LogP contribution in [0.4, 0.5) is 0 Å². The number of carboxylic acid groups (broad SMARTS) is 2. The lowest BCUT2D eigenvalue weighted by atomic mass is 10.2. The van der Waals surface area contributed by atoms with Crippen molar-refractivity contribution < 1.29 is 29.4 Å². The first-order valence-electron chi connectivity index (χ1n) is 10.1. The van der Waals surface area contributed by atoms with E-state index in [-0.39, 0.29) is 24.7 Å². The zero-order valence-electron chi connectivity index (χ0n) is 16.5. The van der Waals surface area contributed by atoms with Gasteiger partial charge in [-0.15, -0.1) is 0 Å². The highest BCUT2D eigenvalue weighted by molar-refractivity contribution is 5.85. The highest BCUT2D eigenvalue weighted by Gasteiger charge is 2.35. The number of likely N-dealkylation sites (tertiary alicyclic amines) is 2. The molecule has 0 radical (unpaired) electrons. The first-order valence-corrected chi connectivity index (χ1v) is 10.1. The Morgan fingerprint density at radius 2 is 1.25 bits per heavy atom. The number of amides is 2. The van der Waals surface area contributed by atoms with Gasteiger partial charge in [-0.3, -0.25) is 9.59 Å². The fraction of sp³-hybridized carbons (Fsp3) is 0.789. The van der Waals surface area contributed by atoms with Crippen molar-refractivity contribution in [2.75, 3.05) is 32.7 Å². The van der Waals surface area contributed by atoms with E-state index in [1.165, 1.54) is 9.80 Å². The Bertz CT molecular complexity index is 548. The van der Waals surface area contributed by atoms with Crippen LogP contribution in [0.3, 0.4) is 0 Å². The number of carbonyl (C=O) groups is 4. The van der Waals surface area contributed by atoms with Crippen LogP contribution in [-0.2, 0) is 19.2 Å². The molecular weight excluding hydrogens is 366 g/mol. The molecule has 0 aliphatic carbocycles. The zero-order chi connectivity index (χ0) is 20.7. The van der Waals surface area contributed by atoms with Gasteiger partial charge in [-0.2, -0.15) is 0 Å². The monoisotopic (exact) mass is 397 g/mol. The van der Waals surface area contributed by atoms with Crippen molar-refractivity contribution in [3.63, 3.8) is 0 Å². The fourth-order valence-corrected chi connectivity index (χ4v) is 4.09. The van der Waals surface area contributed by atoms with Gasteiger partial charge in [-0.05, 0) is 38.6 Å². The van der Waals surface area contributed by atoms with Crippen molar-refractivity contribution in [1.29, 1.82) is 0 Å². The Hall–Kier alpha value is -2.16. The minimum Gasteiger partial charge on any atom is -0.480 e. The van der Waals surface area contributed by atoms with Gasteiger partial charge in [-0.25, -0.2) is 9.59 Å². The van der Waals surface area contributed by atoms with Gasteiger partial charge in [0.05, 0.1) is 0 Å². The van der Waals surface area contributed by atoms with Gasteiger partial charge in [0.2, 0.25) is 11.8 Å². The van der Waals surface area contributed by atoms with Crippen molar-refractivity contribution in [3.8, 4) is 0 Å². The molecule has 158 valence electrons. The highest BCUT2D eigenvalue weighted by atomic mass is 16.4. The van der Waals surface area contributed by atoms with Gasteiger partial charge >= 0.3 is 11.9 Å². The molecule has 9 nitrogen and oxygen atoms in total. The fourth-order valence-electron chi connectivity index (χ4n) is 4.09. The Balaban J connectivity index is 1.82. The minimum absolute atomic E-state index is 0.164. The van der Waals surface area contributed by atoms with Crippen LogP contribution < -0.4 is 0 Å². The molecule has 0 spiro atoms. The first kappa shape index (κ1) is 22.1. The summed E-state index contributed by atoms with van der Waals surface area (Å²) in [6.07, 6.45) is 3.71. The first-order chi connectivity index (χ1) is 13.3. The Kier molecular flexibility index (Phi) is 8.22. The molecule has 28 heavy (non-hydrogen) atoms. The SMILES string of the molecule is CCCN(CCC(=O)N1CCC[C@@H]1C(=O)O)CCC(=O)N1CCC[C@@H]1C(=O)O. The molecule has 2 atom stereocenters. The molecule has 2 amide bonds. The third-order valence-corrected chi connectivity index (χ3v) is 5.54. The average molecular weight is 397 g/mol. The van der Waals surface area contributed by atoms with Crippen molar-refractivity contribution in [1.82, 2.24) is 14.7 Å². The second-order valence-corrected chi connectivity index (χ2v) is 7.51. The van der Waals surface area contributed by atoms with Gasteiger partial charge in [0, 0.05) is 39.0 Å². The molecule has 0 aromatic rings. The molecule has 2 heterocycles. The number of carbonyl (C=O) groups excluding carboxylic acids is 2. The summed E-state index contributed by atoms with van der Waals surface area (Å²) in [4.78, 5) is 52.3. The normalized spacial score (nSPS) is 22.1. The smallest absolute Gasteiger partial charge is 0.326 e. The van der Waals surface area contributed by atoms with Gasteiger partial charge < -0.3 is 24.9 Å². The van der Waals surface area contributed by atoms with Crippen molar-refractivity contribution in [2.24, 2.45) is 0 Å². The number of aliphatic carboxylic acids is 2. The van der Waals surface area contributed by atoms with Crippen LogP contribution in [0.1, 0.15) is 51.9 Å². The number of rotatable bonds is 10. The zero-order valence-corrected chi connectivity index (χ0v) is 16.5. The molecule has 0 saturated carbocycles. The van der Waals surface area contributed by atoms with Crippen molar-refractivity contribution >= 4 is 23.8 Å². The molecule has 0 bridgehead atoms. The molecular formula is C19H31N3O6. The molecule has 2 fully saturated rings. The lowest BCUT2D eigenvalue weighted by Gasteiger charge is -2.26. The van der Waals surface area contributed by atoms with E-state index in [9.17, 15) is 29.4 Å². The molecule has 0 aromatic heterocycles. The Morgan fingerprint density at radius 1 is 0.821 bits per heavy atom. The van der Waals surface area contributed by atoms with E-state index in [4.69, 9.17) is 0 Å². The van der Waals surface area contributed by atoms with E-state index in [0.717, 1.165) is 13.0 Å². The predicted molar refractivity (Wildman–Crippen MR) is 101 cm³/mol. The van der Waals surface area contributed by atoms with E-state index in [0.29, 0.717) is 51.9 Å². The van der Waals surface area contributed by atoms with E-state index >= 15 is 0 Å². The molecule has 2 N–H and O–H groups in total. The quantitative estimate of drug-likeness (QED) is 0.555. The van der Waals surface area contributed by atoms with E-state index in [1.54, 1.807) is 0 Å². The number of nitrogens with zero attached hydrogens (tertiary/aromatic N) is 3. The van der Waals surface area contributed by atoms with Crippen LogP contribution in [0.25, 0.3) is 0 Å². The molecule has 2 aliphatic heterocycles. The summed E-state index contributed by atoms with van der Waals surface area (Å²) in [5.74, 6) is -2.24. The average Bonchev–Trinajstić information content (AvgIpc) is 3.32. The summed E-state index contributed by atoms with van der Waals surface area (Å²) in [5.41, 5.74) is 0. The third kappa shape index (κ3) is 5.67. The van der Waals surface area contributed by atoms with Gasteiger partial charge in [0.15, 0.2) is 0 Å². The topological polar surface area (TPSA) is 118 Å². The lowest BCUT2D eigenvalue weighted by Crippen LogP contribution is -2.43. The van der Waals surface area contributed by atoms with E-state index in [2.05, 4.69) is 0 Å². The summed E-state index contributed by atoms with van der Waals surface area (Å²) >= 11 is 0. The Morgan fingerprint density at radius 3 is 1.61 bits per heavy atom. The maximum Gasteiger partial charge on any atom is 0.326 e. The van der Waals surface area contributed by atoms with Crippen molar-refractivity contribution in [2.45, 2.75) is 64.0 Å². The standard InChI is InChI=1S/C19H31N3O6/c1-2-9-20(12-7-16(23)21-10-3-5-14(21)18(25)26)13-8-17(24)22-11-4-6-15(22)19(27)28/h14-15H,2-13H2,1H3,(H,25,26)(H,27,28)/t14-,15-/m1/s1. The second-order valence-electron chi connectivity index (χ2n) is 7.51. The van der Waals surface area contributed by atoms with Crippen LogP contribution in [0.5, 0.6) is 0 Å². The van der Waals surface area contributed by atoms with Gasteiger partial charge in [0.25, 0.3) is 0 Å². The molecule has 2 saturated heterocycles. The van der Waals surface area contributed by atoms with E-state index in [1.807, 2.05) is 11.8 Å². The van der Waals surface area contributed by atoms with Crippen LogP contribution in [0, 0.1) is 0 Å². The maximum absolute atomic E-state index is 12.4. The van der Waals surface area contributed by atoms with Crippen LogP contribution in [-0.4, -0.2) is 93.5 Å². The summed E-state index contributed by atoms with van der Waals surface area (Å²) in [6.45, 7) is 4.63. The van der Waals surface area contributed by atoms with Crippen molar-refractivity contribution in [3.05, 3.63) is 0 Å². The minimum atomic E-state index is -0.958. The maximum atomic E-state index is 12.4. The molecule has 9 heteroatoms. The van der Waals surface area contributed by atoms with Crippen LogP contribution in [0.15, 0.2) is 0 Å². The molecule has 2 rings (SSSR count). The van der Waals surface area contributed by atoms with Crippen LogP contribution in [0.2, 0.25) is 0 Å². The number of carboxylic acids is 2.